The van der Waals surface area contributed by atoms with Crippen LogP contribution < -0.4 is 4.84 Å². The Bertz CT molecular complexity index is 589. The average molecular weight is 263 g/mol. The van der Waals surface area contributed by atoms with E-state index in [-0.39, 0.29) is 11.8 Å². The van der Waals surface area contributed by atoms with Gasteiger partial charge in [-0.2, -0.15) is 0 Å². The summed E-state index contributed by atoms with van der Waals surface area (Å²) in [5, 5.41) is 20.8. The Morgan fingerprint density at radius 1 is 1.21 bits per heavy atom. The SMILES string of the molecule is CCC(C)(C)C(=O)On1c(O)c2ccccc2c1O. The summed E-state index contributed by atoms with van der Waals surface area (Å²) in [4.78, 5) is 17.1. The zero-order valence-electron chi connectivity index (χ0n) is 11.2. The summed E-state index contributed by atoms with van der Waals surface area (Å²) >= 11 is 0. The summed E-state index contributed by atoms with van der Waals surface area (Å²) in [6.07, 6.45) is 0.591. The molecule has 2 N–H and O–H groups in total. The zero-order valence-corrected chi connectivity index (χ0v) is 11.2. The number of carbonyl (C=O) groups excluding carboxylic acids is 1. The van der Waals surface area contributed by atoms with E-state index in [1.165, 1.54) is 0 Å². The highest BCUT2D eigenvalue weighted by molar-refractivity contribution is 5.93. The van der Waals surface area contributed by atoms with Gasteiger partial charge in [0.15, 0.2) is 0 Å². The molecule has 0 fully saturated rings. The number of aromatic hydroxyl groups is 2. The second-order valence-corrected chi connectivity index (χ2v) is 5.10. The molecule has 5 heteroatoms. The Kier molecular flexibility index (Phi) is 3.14. The number of benzene rings is 1. The van der Waals surface area contributed by atoms with Gasteiger partial charge in [-0.15, -0.1) is 4.73 Å². The zero-order chi connectivity index (χ0) is 14.2. The molecule has 102 valence electrons. The number of hydrogen-bond acceptors (Lipinski definition) is 4. The summed E-state index contributed by atoms with van der Waals surface area (Å²) in [5.74, 6) is -1.08. The Hall–Kier alpha value is -2.17. The highest BCUT2D eigenvalue weighted by atomic mass is 16.7. The number of fused-ring (bicyclic) bond motifs is 1. The minimum atomic E-state index is -0.685. The largest absolute Gasteiger partial charge is 0.492 e. The topological polar surface area (TPSA) is 71.7 Å². The first-order valence-electron chi connectivity index (χ1n) is 6.12. The van der Waals surface area contributed by atoms with Gasteiger partial charge in [-0.25, -0.2) is 4.79 Å². The van der Waals surface area contributed by atoms with Crippen LogP contribution in [0.25, 0.3) is 10.8 Å². The van der Waals surface area contributed by atoms with Crippen LogP contribution in [0.3, 0.4) is 0 Å². The lowest BCUT2D eigenvalue weighted by atomic mass is 9.91. The summed E-state index contributed by atoms with van der Waals surface area (Å²) in [7, 11) is 0. The Labute approximate surface area is 111 Å². The molecule has 2 aromatic rings. The van der Waals surface area contributed by atoms with Gasteiger partial charge in [0.1, 0.15) is 0 Å². The van der Waals surface area contributed by atoms with E-state index >= 15 is 0 Å². The molecule has 1 aromatic carbocycles. The summed E-state index contributed by atoms with van der Waals surface area (Å²) in [6, 6.07) is 6.73. The Balaban J connectivity index is 2.44. The van der Waals surface area contributed by atoms with E-state index in [1.54, 1.807) is 38.1 Å². The van der Waals surface area contributed by atoms with Crippen molar-refractivity contribution >= 4 is 16.7 Å². The first-order valence-corrected chi connectivity index (χ1v) is 6.12. The van der Waals surface area contributed by atoms with Crippen molar-refractivity contribution in [3.05, 3.63) is 24.3 Å². The maximum absolute atomic E-state index is 12.0. The van der Waals surface area contributed by atoms with E-state index in [2.05, 4.69) is 0 Å². The lowest BCUT2D eigenvalue weighted by Gasteiger charge is -2.20. The number of nitrogens with zero attached hydrogens (tertiary/aromatic N) is 1. The lowest BCUT2D eigenvalue weighted by Crippen LogP contribution is -2.32. The van der Waals surface area contributed by atoms with Crippen LogP contribution >= 0.6 is 0 Å². The summed E-state index contributed by atoms with van der Waals surface area (Å²) < 4.78 is 0.768. The number of aromatic nitrogens is 1. The highest BCUT2D eigenvalue weighted by Crippen LogP contribution is 2.35. The standard InChI is InChI=1S/C14H17NO4/c1-4-14(2,3)13(18)19-15-11(16)9-7-5-6-8-10(9)12(15)17/h5-8,16-17H,4H2,1-3H3. The number of carbonyl (C=O) groups is 1. The van der Waals surface area contributed by atoms with Crippen molar-refractivity contribution < 1.29 is 19.8 Å². The second-order valence-electron chi connectivity index (χ2n) is 5.10. The van der Waals surface area contributed by atoms with Crippen molar-refractivity contribution in [1.82, 2.24) is 4.73 Å². The third-order valence-corrected chi connectivity index (χ3v) is 3.40. The fourth-order valence-corrected chi connectivity index (χ4v) is 1.63. The van der Waals surface area contributed by atoms with Gasteiger partial charge in [0.2, 0.25) is 11.8 Å². The van der Waals surface area contributed by atoms with Gasteiger partial charge in [-0.1, -0.05) is 19.1 Å². The van der Waals surface area contributed by atoms with Crippen molar-refractivity contribution in [2.24, 2.45) is 5.41 Å². The normalized spacial score (nSPS) is 11.7. The van der Waals surface area contributed by atoms with E-state index < -0.39 is 11.4 Å². The van der Waals surface area contributed by atoms with Crippen molar-refractivity contribution in [3.63, 3.8) is 0 Å². The molecular formula is C14H17NO4. The monoisotopic (exact) mass is 263 g/mol. The Morgan fingerprint density at radius 2 is 1.68 bits per heavy atom. The van der Waals surface area contributed by atoms with Crippen molar-refractivity contribution in [3.8, 4) is 11.8 Å². The molecule has 0 aliphatic rings. The highest BCUT2D eigenvalue weighted by Gasteiger charge is 2.30. The molecule has 0 atom stereocenters. The third kappa shape index (κ3) is 2.12. The molecular weight excluding hydrogens is 246 g/mol. The third-order valence-electron chi connectivity index (χ3n) is 3.40. The first kappa shape index (κ1) is 13.3. The molecule has 1 aromatic heterocycles. The first-order chi connectivity index (χ1) is 8.88. The molecule has 0 amide bonds. The maximum atomic E-state index is 12.0. The number of hydrogen-bond donors (Lipinski definition) is 2. The van der Waals surface area contributed by atoms with Crippen LogP contribution in [0.2, 0.25) is 0 Å². The quantitative estimate of drug-likeness (QED) is 0.892. The van der Waals surface area contributed by atoms with E-state index in [9.17, 15) is 15.0 Å². The fraction of sp³-hybridized carbons (Fsp3) is 0.357. The smallest absolute Gasteiger partial charge is 0.338 e. The van der Waals surface area contributed by atoms with Gasteiger partial charge in [0, 0.05) is 0 Å². The van der Waals surface area contributed by atoms with Crippen molar-refractivity contribution in [2.45, 2.75) is 27.2 Å². The van der Waals surface area contributed by atoms with Crippen LogP contribution in [0.4, 0.5) is 0 Å². The lowest BCUT2D eigenvalue weighted by molar-refractivity contribution is -0.155. The molecule has 0 bridgehead atoms. The predicted molar refractivity (Wildman–Crippen MR) is 70.9 cm³/mol. The Morgan fingerprint density at radius 3 is 2.11 bits per heavy atom. The van der Waals surface area contributed by atoms with Crippen LogP contribution in [0, 0.1) is 5.41 Å². The van der Waals surface area contributed by atoms with Gasteiger partial charge >= 0.3 is 5.97 Å². The minimum absolute atomic E-state index is 0.284. The van der Waals surface area contributed by atoms with E-state index in [1.807, 2.05) is 6.92 Å². The molecule has 0 aliphatic carbocycles. The second kappa shape index (κ2) is 4.50. The van der Waals surface area contributed by atoms with Crippen LogP contribution in [0.5, 0.6) is 11.8 Å². The van der Waals surface area contributed by atoms with Gasteiger partial charge in [0.25, 0.3) is 0 Å². The van der Waals surface area contributed by atoms with Gasteiger partial charge in [0.05, 0.1) is 16.2 Å². The van der Waals surface area contributed by atoms with Gasteiger partial charge in [-0.3, -0.25) is 0 Å². The average Bonchev–Trinajstić information content (AvgIpc) is 2.64. The summed E-state index contributed by atoms with van der Waals surface area (Å²) in [6.45, 7) is 5.35. The van der Waals surface area contributed by atoms with Crippen molar-refractivity contribution in [2.75, 3.05) is 0 Å². The molecule has 0 spiro atoms. The molecule has 0 unspecified atom stereocenters. The molecule has 0 aliphatic heterocycles. The van der Waals surface area contributed by atoms with E-state index in [4.69, 9.17) is 4.84 Å². The molecule has 5 nitrogen and oxygen atoms in total. The van der Waals surface area contributed by atoms with Crippen molar-refractivity contribution in [1.29, 1.82) is 0 Å². The molecule has 0 saturated carbocycles. The van der Waals surface area contributed by atoms with E-state index in [0.29, 0.717) is 17.2 Å². The van der Waals surface area contributed by atoms with Crippen LogP contribution in [0.1, 0.15) is 27.2 Å². The van der Waals surface area contributed by atoms with E-state index in [0.717, 1.165) is 4.73 Å². The van der Waals surface area contributed by atoms with Crippen LogP contribution in [0.15, 0.2) is 24.3 Å². The van der Waals surface area contributed by atoms with Gasteiger partial charge in [-0.05, 0) is 32.4 Å². The van der Waals surface area contributed by atoms with Gasteiger partial charge < -0.3 is 15.1 Å². The van der Waals surface area contributed by atoms with Crippen LogP contribution in [-0.4, -0.2) is 20.9 Å². The van der Waals surface area contributed by atoms with Crippen LogP contribution in [-0.2, 0) is 4.79 Å². The molecule has 1 heterocycles. The summed E-state index contributed by atoms with van der Waals surface area (Å²) in [5.41, 5.74) is -0.685. The molecule has 19 heavy (non-hydrogen) atoms. The maximum Gasteiger partial charge on any atom is 0.338 e. The number of rotatable bonds is 3. The minimum Gasteiger partial charge on any atom is -0.492 e. The predicted octanol–water partition coefficient (Wildman–Crippen LogP) is 2.44. The molecule has 0 radical (unpaired) electrons. The fourth-order valence-electron chi connectivity index (χ4n) is 1.63. The molecule has 0 saturated heterocycles. The molecule has 2 rings (SSSR count).